The van der Waals surface area contributed by atoms with Crippen LogP contribution < -0.4 is 10.1 Å². The van der Waals surface area contributed by atoms with Crippen molar-refractivity contribution >= 4 is 11.6 Å². The Morgan fingerprint density at radius 2 is 1.56 bits per heavy atom. The third-order valence-electron chi connectivity index (χ3n) is 3.99. The summed E-state index contributed by atoms with van der Waals surface area (Å²) in [6.45, 7) is 5.14. The number of ether oxygens (including phenoxy) is 1. The fourth-order valence-corrected chi connectivity index (χ4v) is 2.41. The Labute approximate surface area is 157 Å². The molecule has 0 aliphatic carbocycles. The molecule has 0 saturated heterocycles. The van der Waals surface area contributed by atoms with Gasteiger partial charge in [0.05, 0.1) is 0 Å². The first-order valence-corrected chi connectivity index (χ1v) is 8.49. The summed E-state index contributed by atoms with van der Waals surface area (Å²) in [6.07, 6.45) is 3.52. The number of amides is 1. The zero-order valence-electron chi connectivity index (χ0n) is 15.4. The summed E-state index contributed by atoms with van der Waals surface area (Å²) in [6, 6.07) is 12.9. The van der Waals surface area contributed by atoms with Crippen molar-refractivity contribution in [3.8, 4) is 16.9 Å². The van der Waals surface area contributed by atoms with Crippen LogP contribution in [0.1, 0.15) is 19.7 Å². The molecule has 3 aromatic rings. The smallest absolute Gasteiger partial charge is 0.267 e. The molecule has 0 radical (unpaired) electrons. The Kier molecular flexibility index (Phi) is 5.16. The molecule has 138 valence electrons. The van der Waals surface area contributed by atoms with Gasteiger partial charge < -0.3 is 10.1 Å². The van der Waals surface area contributed by atoms with E-state index in [0.29, 0.717) is 17.3 Å². The van der Waals surface area contributed by atoms with Crippen LogP contribution in [0.2, 0.25) is 0 Å². The molecule has 0 spiro atoms. The van der Waals surface area contributed by atoms with Crippen molar-refractivity contribution in [3.05, 3.63) is 72.6 Å². The summed E-state index contributed by atoms with van der Waals surface area (Å²) >= 11 is 0. The summed E-state index contributed by atoms with van der Waals surface area (Å²) in [5, 5.41) is 2.83. The lowest BCUT2D eigenvalue weighted by atomic mass is 10.1. The molecule has 1 amide bonds. The number of anilines is 1. The molecule has 0 atom stereocenters. The Bertz CT molecular complexity index is 921. The quantitative estimate of drug-likeness (QED) is 0.728. The van der Waals surface area contributed by atoms with Crippen LogP contribution in [0.5, 0.6) is 5.75 Å². The Morgan fingerprint density at radius 3 is 2.15 bits per heavy atom. The van der Waals surface area contributed by atoms with Crippen LogP contribution in [0.4, 0.5) is 10.1 Å². The minimum Gasteiger partial charge on any atom is -0.478 e. The molecule has 27 heavy (non-hydrogen) atoms. The first kappa shape index (κ1) is 18.5. The van der Waals surface area contributed by atoms with Crippen molar-refractivity contribution < 1.29 is 13.9 Å². The second kappa shape index (κ2) is 7.53. The molecule has 0 aliphatic heterocycles. The number of carbonyl (C=O) groups excluding carboxylic acids is 1. The number of hydrogen-bond acceptors (Lipinski definition) is 4. The van der Waals surface area contributed by atoms with Crippen LogP contribution >= 0.6 is 0 Å². The molecule has 3 rings (SSSR count). The zero-order valence-corrected chi connectivity index (χ0v) is 15.4. The molecule has 0 saturated carbocycles. The fourth-order valence-electron chi connectivity index (χ4n) is 2.41. The van der Waals surface area contributed by atoms with Gasteiger partial charge in [0.1, 0.15) is 17.4 Å². The van der Waals surface area contributed by atoms with Crippen molar-refractivity contribution in [2.45, 2.75) is 26.4 Å². The van der Waals surface area contributed by atoms with E-state index in [0.717, 1.165) is 11.1 Å². The van der Waals surface area contributed by atoms with Gasteiger partial charge in [0.25, 0.3) is 5.91 Å². The van der Waals surface area contributed by atoms with Gasteiger partial charge in [-0.2, -0.15) is 0 Å². The monoisotopic (exact) mass is 365 g/mol. The molecular formula is C21H20FN3O2. The van der Waals surface area contributed by atoms with Crippen molar-refractivity contribution in [1.82, 2.24) is 9.97 Å². The second-order valence-electron chi connectivity index (χ2n) is 6.62. The van der Waals surface area contributed by atoms with Gasteiger partial charge in [-0.05, 0) is 62.7 Å². The number of nitrogens with zero attached hydrogens (tertiary/aromatic N) is 2. The minimum atomic E-state index is -1.12. The predicted octanol–water partition coefficient (Wildman–Crippen LogP) is 4.39. The van der Waals surface area contributed by atoms with E-state index in [4.69, 9.17) is 4.74 Å². The molecule has 0 fully saturated rings. The normalized spacial score (nSPS) is 11.1. The van der Waals surface area contributed by atoms with E-state index < -0.39 is 5.60 Å². The highest BCUT2D eigenvalue weighted by molar-refractivity contribution is 5.97. The number of nitrogens with one attached hydrogen (secondary N) is 1. The van der Waals surface area contributed by atoms with E-state index in [2.05, 4.69) is 15.3 Å². The first-order valence-electron chi connectivity index (χ1n) is 8.49. The van der Waals surface area contributed by atoms with Gasteiger partial charge in [-0.1, -0.05) is 12.1 Å². The number of rotatable bonds is 5. The molecule has 0 unspecified atom stereocenters. The lowest BCUT2D eigenvalue weighted by Crippen LogP contribution is -2.42. The van der Waals surface area contributed by atoms with Crippen LogP contribution in [0.15, 0.2) is 60.9 Å². The molecule has 5 nitrogen and oxygen atoms in total. The fraction of sp³-hybridized carbons (Fsp3) is 0.190. The van der Waals surface area contributed by atoms with Crippen molar-refractivity contribution in [2.75, 3.05) is 5.32 Å². The van der Waals surface area contributed by atoms with Gasteiger partial charge in [-0.15, -0.1) is 0 Å². The third kappa shape index (κ3) is 4.67. The molecule has 1 N–H and O–H groups in total. The molecule has 6 heteroatoms. The van der Waals surface area contributed by atoms with Gasteiger partial charge >= 0.3 is 0 Å². The largest absolute Gasteiger partial charge is 0.478 e. The number of halogens is 1. The lowest BCUT2D eigenvalue weighted by Gasteiger charge is -2.25. The standard InChI is InChI=1S/C21H20FN3O2/c1-14-23-12-16(13-24-14)15-4-8-18(9-5-15)25-20(26)21(2,3)27-19-10-6-17(22)7-11-19/h4-13H,1-3H3,(H,25,26). The van der Waals surface area contributed by atoms with Crippen LogP contribution in [0.25, 0.3) is 11.1 Å². The average molecular weight is 365 g/mol. The van der Waals surface area contributed by atoms with E-state index in [1.165, 1.54) is 24.3 Å². The van der Waals surface area contributed by atoms with Gasteiger partial charge in [-0.3, -0.25) is 4.79 Å². The van der Waals surface area contributed by atoms with Gasteiger partial charge in [-0.25, -0.2) is 14.4 Å². The molecule has 0 bridgehead atoms. The number of aromatic nitrogens is 2. The number of hydrogen-bond donors (Lipinski definition) is 1. The summed E-state index contributed by atoms with van der Waals surface area (Å²) < 4.78 is 18.7. The van der Waals surface area contributed by atoms with E-state index in [1.807, 2.05) is 19.1 Å². The van der Waals surface area contributed by atoms with E-state index in [9.17, 15) is 9.18 Å². The highest BCUT2D eigenvalue weighted by atomic mass is 19.1. The average Bonchev–Trinajstić information content (AvgIpc) is 2.65. The van der Waals surface area contributed by atoms with E-state index in [-0.39, 0.29) is 11.7 Å². The van der Waals surface area contributed by atoms with Crippen molar-refractivity contribution in [1.29, 1.82) is 0 Å². The molecular weight excluding hydrogens is 345 g/mol. The molecule has 1 heterocycles. The summed E-state index contributed by atoms with van der Waals surface area (Å²) in [7, 11) is 0. The minimum absolute atomic E-state index is 0.307. The highest BCUT2D eigenvalue weighted by Gasteiger charge is 2.30. The Hall–Kier alpha value is -3.28. The van der Waals surface area contributed by atoms with E-state index in [1.54, 1.807) is 38.4 Å². The predicted molar refractivity (Wildman–Crippen MR) is 102 cm³/mol. The Morgan fingerprint density at radius 1 is 0.963 bits per heavy atom. The molecule has 1 aromatic heterocycles. The van der Waals surface area contributed by atoms with Crippen molar-refractivity contribution in [3.63, 3.8) is 0 Å². The van der Waals surface area contributed by atoms with Crippen molar-refractivity contribution in [2.24, 2.45) is 0 Å². The highest BCUT2D eigenvalue weighted by Crippen LogP contribution is 2.23. The van der Waals surface area contributed by atoms with Crippen LogP contribution in [0.3, 0.4) is 0 Å². The molecule has 2 aromatic carbocycles. The molecule has 0 aliphatic rings. The van der Waals surface area contributed by atoms with Gasteiger partial charge in [0.15, 0.2) is 5.60 Å². The maximum atomic E-state index is 13.0. The maximum absolute atomic E-state index is 13.0. The number of benzene rings is 2. The third-order valence-corrected chi connectivity index (χ3v) is 3.99. The number of aryl methyl sites for hydroxylation is 1. The summed E-state index contributed by atoms with van der Waals surface area (Å²) in [4.78, 5) is 20.9. The number of carbonyl (C=O) groups is 1. The van der Waals surface area contributed by atoms with Gasteiger partial charge in [0, 0.05) is 23.6 Å². The second-order valence-corrected chi connectivity index (χ2v) is 6.62. The topological polar surface area (TPSA) is 64.1 Å². The SMILES string of the molecule is Cc1ncc(-c2ccc(NC(=O)C(C)(C)Oc3ccc(F)cc3)cc2)cn1. The summed E-state index contributed by atoms with van der Waals surface area (Å²) in [5.41, 5.74) is 1.38. The zero-order chi connectivity index (χ0) is 19.4. The van der Waals surface area contributed by atoms with Crippen LogP contribution in [-0.2, 0) is 4.79 Å². The van der Waals surface area contributed by atoms with E-state index >= 15 is 0 Å². The first-order chi connectivity index (χ1) is 12.8. The maximum Gasteiger partial charge on any atom is 0.267 e. The van der Waals surface area contributed by atoms with Crippen LogP contribution in [0, 0.1) is 12.7 Å². The van der Waals surface area contributed by atoms with Gasteiger partial charge in [0.2, 0.25) is 0 Å². The summed E-state index contributed by atoms with van der Waals surface area (Å²) in [5.74, 6) is 0.471. The lowest BCUT2D eigenvalue weighted by molar-refractivity contribution is -0.128. The Balaban J connectivity index is 1.67. The van der Waals surface area contributed by atoms with Crippen LogP contribution in [-0.4, -0.2) is 21.5 Å².